The summed E-state index contributed by atoms with van der Waals surface area (Å²) in [5.74, 6) is 0. The summed E-state index contributed by atoms with van der Waals surface area (Å²) >= 11 is 3.64. The number of hydrogen-bond acceptors (Lipinski definition) is 3. The van der Waals surface area contributed by atoms with Crippen molar-refractivity contribution < 1.29 is 0 Å². The molecule has 0 spiro atoms. The summed E-state index contributed by atoms with van der Waals surface area (Å²) in [6, 6.07) is 8.12. The highest BCUT2D eigenvalue weighted by molar-refractivity contribution is 9.10. The van der Waals surface area contributed by atoms with E-state index in [0.29, 0.717) is 6.04 Å². The number of nitrogens with one attached hydrogen (secondary N) is 1. The zero-order valence-electron chi connectivity index (χ0n) is 13.1. The maximum atomic E-state index is 3.65. The molecule has 3 rings (SSSR count). The van der Waals surface area contributed by atoms with Gasteiger partial charge in [-0.1, -0.05) is 28.9 Å². The second-order valence-electron chi connectivity index (χ2n) is 6.35. The van der Waals surface area contributed by atoms with Crippen molar-refractivity contribution in [3.05, 3.63) is 28.2 Å². The minimum atomic E-state index is 0.631. The summed E-state index contributed by atoms with van der Waals surface area (Å²) < 4.78 is 1.18. The van der Waals surface area contributed by atoms with Crippen molar-refractivity contribution in [3.8, 4) is 0 Å². The highest BCUT2D eigenvalue weighted by Crippen LogP contribution is 2.28. The summed E-state index contributed by atoms with van der Waals surface area (Å²) in [6.45, 7) is 10.2. The van der Waals surface area contributed by atoms with Crippen molar-refractivity contribution in [1.29, 1.82) is 0 Å². The van der Waals surface area contributed by atoms with Crippen molar-refractivity contribution in [1.82, 2.24) is 10.2 Å². The van der Waals surface area contributed by atoms with E-state index in [2.05, 4.69) is 63.1 Å². The standard InChI is InChI=1S/C17H26BrN3/c1-3-20-8-9-21(12-13(20)2)17-10-15(18)5-4-14(17)11-19-16-6-7-16/h4-5,10,13,16,19H,3,6-9,11-12H2,1-2H3. The summed E-state index contributed by atoms with van der Waals surface area (Å²) in [6.07, 6.45) is 2.69. The lowest BCUT2D eigenvalue weighted by atomic mass is 10.1. The first-order chi connectivity index (χ1) is 10.2. The Labute approximate surface area is 136 Å². The molecule has 1 aliphatic carbocycles. The lowest BCUT2D eigenvalue weighted by molar-refractivity contribution is 0.199. The molecule has 1 aliphatic heterocycles. The predicted molar refractivity (Wildman–Crippen MR) is 92.9 cm³/mol. The van der Waals surface area contributed by atoms with Crippen LogP contribution in [0.25, 0.3) is 0 Å². The molecular formula is C17H26BrN3. The van der Waals surface area contributed by atoms with E-state index < -0.39 is 0 Å². The van der Waals surface area contributed by atoms with Gasteiger partial charge in [-0.25, -0.2) is 0 Å². The molecule has 21 heavy (non-hydrogen) atoms. The average Bonchev–Trinajstić information content (AvgIpc) is 3.30. The number of halogens is 1. The van der Waals surface area contributed by atoms with Gasteiger partial charge in [-0.3, -0.25) is 4.90 Å². The summed E-state index contributed by atoms with van der Waals surface area (Å²) in [4.78, 5) is 5.13. The molecule has 0 aromatic heterocycles. The normalized spacial score (nSPS) is 23.6. The van der Waals surface area contributed by atoms with Crippen LogP contribution in [0.2, 0.25) is 0 Å². The summed E-state index contributed by atoms with van der Waals surface area (Å²) in [5, 5.41) is 3.65. The number of anilines is 1. The Kier molecular flexibility index (Phi) is 4.87. The van der Waals surface area contributed by atoms with Gasteiger partial charge in [-0.05, 0) is 44.0 Å². The second kappa shape index (κ2) is 6.67. The molecule has 0 bridgehead atoms. The van der Waals surface area contributed by atoms with Crippen molar-refractivity contribution in [2.24, 2.45) is 0 Å². The van der Waals surface area contributed by atoms with E-state index in [0.717, 1.165) is 32.2 Å². The van der Waals surface area contributed by atoms with Crippen LogP contribution in [0.5, 0.6) is 0 Å². The van der Waals surface area contributed by atoms with Gasteiger partial charge in [-0.15, -0.1) is 0 Å². The van der Waals surface area contributed by atoms with Gasteiger partial charge in [-0.2, -0.15) is 0 Å². The fourth-order valence-corrected chi connectivity index (χ4v) is 3.56. The van der Waals surface area contributed by atoms with Crippen LogP contribution < -0.4 is 10.2 Å². The van der Waals surface area contributed by atoms with Crippen molar-refractivity contribution in [2.45, 2.75) is 45.3 Å². The Morgan fingerprint density at radius 2 is 2.10 bits per heavy atom. The van der Waals surface area contributed by atoms with E-state index in [1.54, 1.807) is 0 Å². The second-order valence-corrected chi connectivity index (χ2v) is 7.27. The lowest BCUT2D eigenvalue weighted by Gasteiger charge is -2.41. The van der Waals surface area contributed by atoms with Crippen molar-refractivity contribution in [2.75, 3.05) is 31.1 Å². The zero-order chi connectivity index (χ0) is 14.8. The Hall–Kier alpha value is -0.580. The molecule has 1 heterocycles. The van der Waals surface area contributed by atoms with Crippen LogP contribution in [-0.4, -0.2) is 43.2 Å². The van der Waals surface area contributed by atoms with Gasteiger partial charge >= 0.3 is 0 Å². The lowest BCUT2D eigenvalue weighted by Crippen LogP contribution is -2.52. The first-order valence-electron chi connectivity index (χ1n) is 8.18. The topological polar surface area (TPSA) is 18.5 Å². The van der Waals surface area contributed by atoms with Gasteiger partial charge in [0.2, 0.25) is 0 Å². The number of nitrogens with zero attached hydrogens (tertiary/aromatic N) is 2. The number of piperazine rings is 1. The predicted octanol–water partition coefficient (Wildman–Crippen LogP) is 3.23. The minimum absolute atomic E-state index is 0.631. The number of hydrogen-bond donors (Lipinski definition) is 1. The van der Waals surface area contributed by atoms with Gasteiger partial charge in [0.25, 0.3) is 0 Å². The summed E-state index contributed by atoms with van der Waals surface area (Å²) in [5.41, 5.74) is 2.84. The first kappa shape index (κ1) is 15.3. The first-order valence-corrected chi connectivity index (χ1v) is 8.97. The van der Waals surface area contributed by atoms with Gasteiger partial charge in [0.05, 0.1) is 0 Å². The monoisotopic (exact) mass is 351 g/mol. The SMILES string of the molecule is CCN1CCN(c2cc(Br)ccc2CNC2CC2)CC1C. The van der Waals surface area contributed by atoms with E-state index in [4.69, 9.17) is 0 Å². The van der Waals surface area contributed by atoms with Gasteiger partial charge in [0.1, 0.15) is 0 Å². The van der Waals surface area contributed by atoms with Crippen LogP contribution >= 0.6 is 15.9 Å². The van der Waals surface area contributed by atoms with Crippen LogP contribution in [0.4, 0.5) is 5.69 Å². The fourth-order valence-electron chi connectivity index (χ4n) is 3.21. The molecule has 116 valence electrons. The molecule has 0 amide bonds. The maximum Gasteiger partial charge on any atom is 0.0424 e. The van der Waals surface area contributed by atoms with Gasteiger partial charge in [0.15, 0.2) is 0 Å². The third-order valence-corrected chi connectivity index (χ3v) is 5.21. The largest absolute Gasteiger partial charge is 0.368 e. The Morgan fingerprint density at radius 3 is 2.76 bits per heavy atom. The molecule has 2 aliphatic rings. The van der Waals surface area contributed by atoms with E-state index in [1.165, 1.54) is 35.1 Å². The number of rotatable bonds is 5. The van der Waals surface area contributed by atoms with Crippen LogP contribution in [0.15, 0.2) is 22.7 Å². The summed E-state index contributed by atoms with van der Waals surface area (Å²) in [7, 11) is 0. The third kappa shape index (κ3) is 3.79. The number of benzene rings is 1. The average molecular weight is 352 g/mol. The molecule has 3 nitrogen and oxygen atoms in total. The number of likely N-dealkylation sites (N-methyl/N-ethyl adjacent to an activating group) is 1. The molecule has 2 fully saturated rings. The molecule has 1 atom stereocenters. The molecule has 1 unspecified atom stereocenters. The molecule has 1 saturated carbocycles. The Morgan fingerprint density at radius 1 is 1.29 bits per heavy atom. The molecule has 4 heteroatoms. The van der Waals surface area contributed by atoms with Gasteiger partial charge in [0, 0.05) is 48.4 Å². The molecular weight excluding hydrogens is 326 g/mol. The molecule has 0 radical (unpaired) electrons. The van der Waals surface area contributed by atoms with E-state index in [9.17, 15) is 0 Å². The maximum absolute atomic E-state index is 3.65. The Balaban J connectivity index is 1.74. The van der Waals surface area contributed by atoms with E-state index in [-0.39, 0.29) is 0 Å². The zero-order valence-corrected chi connectivity index (χ0v) is 14.7. The van der Waals surface area contributed by atoms with E-state index in [1.807, 2.05) is 0 Å². The molecule has 1 saturated heterocycles. The highest BCUT2D eigenvalue weighted by atomic mass is 79.9. The quantitative estimate of drug-likeness (QED) is 0.878. The van der Waals surface area contributed by atoms with Crippen molar-refractivity contribution >= 4 is 21.6 Å². The fraction of sp³-hybridized carbons (Fsp3) is 0.647. The highest BCUT2D eigenvalue weighted by Gasteiger charge is 2.25. The smallest absolute Gasteiger partial charge is 0.0424 e. The molecule has 1 N–H and O–H groups in total. The Bertz CT molecular complexity index is 487. The molecule has 1 aromatic carbocycles. The van der Waals surface area contributed by atoms with Gasteiger partial charge < -0.3 is 10.2 Å². The minimum Gasteiger partial charge on any atom is -0.368 e. The van der Waals surface area contributed by atoms with Crippen LogP contribution in [0.3, 0.4) is 0 Å². The van der Waals surface area contributed by atoms with Crippen LogP contribution in [-0.2, 0) is 6.54 Å². The van der Waals surface area contributed by atoms with Crippen molar-refractivity contribution in [3.63, 3.8) is 0 Å². The third-order valence-electron chi connectivity index (χ3n) is 4.72. The van der Waals surface area contributed by atoms with E-state index >= 15 is 0 Å². The van der Waals surface area contributed by atoms with Crippen LogP contribution in [0, 0.1) is 0 Å². The van der Waals surface area contributed by atoms with Crippen LogP contribution in [0.1, 0.15) is 32.3 Å². The molecule has 1 aromatic rings.